The minimum Gasteiger partial charge on any atom is -0.480 e. The van der Waals surface area contributed by atoms with Gasteiger partial charge in [-0.05, 0) is 42.9 Å². The van der Waals surface area contributed by atoms with Crippen LogP contribution in [-0.4, -0.2) is 58.7 Å². The van der Waals surface area contributed by atoms with E-state index >= 15 is 0 Å². The molecule has 0 radical (unpaired) electrons. The Balaban J connectivity index is 1.63. The summed E-state index contributed by atoms with van der Waals surface area (Å²) in [6.07, 6.45) is 2.56. The maximum absolute atomic E-state index is 12.6. The van der Waals surface area contributed by atoms with E-state index in [4.69, 9.17) is 27.9 Å². The number of aliphatic carboxylic acids is 1. The number of carboxylic acid groups (broad SMARTS) is 1. The van der Waals surface area contributed by atoms with E-state index in [1.54, 1.807) is 28.8 Å². The fourth-order valence-electron chi connectivity index (χ4n) is 3.69. The minimum absolute atomic E-state index is 0.176. The minimum atomic E-state index is -1.02. The van der Waals surface area contributed by atoms with Crippen LogP contribution in [-0.2, 0) is 9.53 Å². The molecule has 178 valence electrons. The Bertz CT molecular complexity index is 950. The van der Waals surface area contributed by atoms with Gasteiger partial charge in [0.1, 0.15) is 12.1 Å². The molecule has 1 aliphatic rings. The van der Waals surface area contributed by atoms with Crippen LogP contribution in [0.4, 0.5) is 4.79 Å². The van der Waals surface area contributed by atoms with Gasteiger partial charge in [-0.3, -0.25) is 0 Å². The lowest BCUT2D eigenvalue weighted by Gasteiger charge is -2.41. The van der Waals surface area contributed by atoms with Crippen LogP contribution in [0.1, 0.15) is 37.0 Å². The molecule has 0 saturated carbocycles. The second-order valence-corrected chi connectivity index (χ2v) is 9.94. The van der Waals surface area contributed by atoms with Gasteiger partial charge >= 0.3 is 12.0 Å². The van der Waals surface area contributed by atoms with Crippen LogP contribution in [0.3, 0.4) is 0 Å². The fraction of sp³-hybridized carbons (Fsp3) is 0.417. The number of urea groups is 1. The molecule has 33 heavy (non-hydrogen) atoms. The third-order valence-corrected chi connectivity index (χ3v) is 7.50. The van der Waals surface area contributed by atoms with E-state index in [-0.39, 0.29) is 17.4 Å². The molecule has 1 aliphatic heterocycles. The smallest absolute Gasteiger partial charge is 0.326 e. The van der Waals surface area contributed by atoms with E-state index in [0.29, 0.717) is 29.6 Å². The average Bonchev–Trinajstić information content (AvgIpc) is 2.77. The number of ether oxygens (including phenoxy) is 1. The van der Waals surface area contributed by atoms with E-state index in [2.05, 4.69) is 5.32 Å². The zero-order chi connectivity index (χ0) is 24.0. The molecule has 1 saturated heterocycles. The largest absolute Gasteiger partial charge is 0.480 e. The first-order chi connectivity index (χ1) is 15.8. The summed E-state index contributed by atoms with van der Waals surface area (Å²) < 4.78 is 6.34. The maximum Gasteiger partial charge on any atom is 0.326 e. The molecule has 2 aromatic carbocycles. The van der Waals surface area contributed by atoms with Crippen molar-refractivity contribution in [3.8, 4) is 0 Å². The van der Waals surface area contributed by atoms with Gasteiger partial charge in [-0.25, -0.2) is 9.59 Å². The Morgan fingerprint density at radius 2 is 1.85 bits per heavy atom. The van der Waals surface area contributed by atoms with Crippen molar-refractivity contribution >= 4 is 47.0 Å². The van der Waals surface area contributed by atoms with Crippen LogP contribution in [0, 0.1) is 0 Å². The van der Waals surface area contributed by atoms with E-state index in [9.17, 15) is 14.7 Å². The highest BCUT2D eigenvalue weighted by atomic mass is 35.5. The number of nitrogens with one attached hydrogen (secondary N) is 1. The number of carboxylic acids is 1. The quantitative estimate of drug-likeness (QED) is 0.442. The van der Waals surface area contributed by atoms with Crippen LogP contribution in [0.15, 0.2) is 48.5 Å². The lowest BCUT2D eigenvalue weighted by atomic mass is 10.0. The van der Waals surface area contributed by atoms with Gasteiger partial charge in [-0.15, -0.1) is 0 Å². The molecule has 0 bridgehead atoms. The Morgan fingerprint density at radius 3 is 2.42 bits per heavy atom. The summed E-state index contributed by atoms with van der Waals surface area (Å²) in [5.41, 5.74) is 1.74. The van der Waals surface area contributed by atoms with Gasteiger partial charge in [0.25, 0.3) is 0 Å². The predicted molar refractivity (Wildman–Crippen MR) is 133 cm³/mol. The number of hydrogen-bond acceptors (Lipinski definition) is 4. The van der Waals surface area contributed by atoms with Crippen LogP contribution in [0.2, 0.25) is 10.0 Å². The molecule has 3 atom stereocenters. The fourth-order valence-corrected chi connectivity index (χ4v) is 4.77. The molecule has 0 aromatic heterocycles. The highest BCUT2D eigenvalue weighted by molar-refractivity contribution is 7.99. The Hall–Kier alpha value is -1.93. The molecule has 1 heterocycles. The first kappa shape index (κ1) is 25.7. The van der Waals surface area contributed by atoms with Gasteiger partial charge in [-0.1, -0.05) is 60.5 Å². The topological polar surface area (TPSA) is 78.9 Å². The van der Waals surface area contributed by atoms with E-state index in [1.165, 1.54) is 0 Å². The number of benzene rings is 2. The van der Waals surface area contributed by atoms with Crippen molar-refractivity contribution in [1.82, 2.24) is 10.2 Å². The predicted octanol–water partition coefficient (Wildman–Crippen LogP) is 5.48. The number of carbonyl (C=O) groups excluding carboxylic acids is 1. The van der Waals surface area contributed by atoms with E-state index in [1.807, 2.05) is 49.6 Å². The summed E-state index contributed by atoms with van der Waals surface area (Å²) in [5.74, 6) is -1.02. The van der Waals surface area contributed by atoms with Crippen LogP contribution in [0.5, 0.6) is 0 Å². The summed E-state index contributed by atoms with van der Waals surface area (Å²) in [4.78, 5) is 25.8. The van der Waals surface area contributed by atoms with Gasteiger partial charge in [0, 0.05) is 20.9 Å². The number of thioether (sulfide) groups is 1. The molecule has 1 fully saturated rings. The van der Waals surface area contributed by atoms with E-state index < -0.39 is 18.1 Å². The number of hydrogen-bond donors (Lipinski definition) is 2. The number of nitrogens with zero attached hydrogens (tertiary/aromatic N) is 1. The summed E-state index contributed by atoms with van der Waals surface area (Å²) in [6.45, 7) is 2.74. The van der Waals surface area contributed by atoms with Gasteiger partial charge in [0.05, 0.1) is 19.2 Å². The zero-order valence-corrected chi connectivity index (χ0v) is 20.9. The number of rotatable bonds is 10. The highest BCUT2D eigenvalue weighted by Crippen LogP contribution is 2.34. The lowest BCUT2D eigenvalue weighted by Crippen LogP contribution is -2.60. The molecule has 0 aliphatic carbocycles. The number of halogens is 2. The Labute approximate surface area is 208 Å². The number of carbonyl (C=O) groups is 2. The standard InChI is InChI=1S/C24H28Cl2N2O4S/c1-3-18(33-2)12-21(23(29)30)27-24(31)28-13-17(14-28)32-22(15-8-10-16(25)11-9-15)19-6-4-5-7-20(19)26/h4-11,17-18,21-22H,3,12-14H2,1-2H3,(H,27,31)(H,29,30). The second-order valence-electron chi connectivity index (χ2n) is 7.96. The number of likely N-dealkylation sites (tertiary alicyclic amines) is 1. The Kier molecular flexibility index (Phi) is 9.32. The summed E-state index contributed by atoms with van der Waals surface area (Å²) >= 11 is 14.1. The molecule has 2 aromatic rings. The molecular weight excluding hydrogens is 483 g/mol. The van der Waals surface area contributed by atoms with Crippen molar-refractivity contribution in [1.29, 1.82) is 0 Å². The zero-order valence-electron chi connectivity index (χ0n) is 18.5. The molecule has 6 nitrogen and oxygen atoms in total. The van der Waals surface area contributed by atoms with Gasteiger partial charge < -0.3 is 20.1 Å². The SMILES string of the molecule is CCC(CC(NC(=O)N1CC(OC(c2ccc(Cl)cc2)c2ccccc2Cl)C1)C(=O)O)SC. The van der Waals surface area contributed by atoms with Crippen LogP contribution < -0.4 is 5.32 Å². The monoisotopic (exact) mass is 510 g/mol. The van der Waals surface area contributed by atoms with Gasteiger partial charge in [0.15, 0.2) is 0 Å². The highest BCUT2D eigenvalue weighted by Gasteiger charge is 2.36. The third-order valence-electron chi connectivity index (χ3n) is 5.71. The molecule has 2 N–H and O–H groups in total. The van der Waals surface area contributed by atoms with Gasteiger partial charge in [-0.2, -0.15) is 11.8 Å². The molecule has 0 spiro atoms. The second kappa shape index (κ2) is 12.0. The molecule has 2 amide bonds. The number of amides is 2. The van der Waals surface area contributed by atoms with Crippen LogP contribution in [0.25, 0.3) is 0 Å². The average molecular weight is 511 g/mol. The summed E-state index contributed by atoms with van der Waals surface area (Å²) in [7, 11) is 0. The summed E-state index contributed by atoms with van der Waals surface area (Å²) in [6, 6.07) is 13.6. The molecule has 3 unspecified atom stereocenters. The molecule has 9 heteroatoms. The van der Waals surface area contributed by atoms with Crippen molar-refractivity contribution in [2.24, 2.45) is 0 Å². The first-order valence-corrected chi connectivity index (χ1v) is 12.8. The maximum atomic E-state index is 12.6. The van der Waals surface area contributed by atoms with Crippen molar-refractivity contribution < 1.29 is 19.4 Å². The van der Waals surface area contributed by atoms with Crippen molar-refractivity contribution in [2.45, 2.75) is 43.3 Å². The normalized spacial score (nSPS) is 16.5. The third kappa shape index (κ3) is 6.79. The van der Waals surface area contributed by atoms with Crippen molar-refractivity contribution in [2.75, 3.05) is 19.3 Å². The van der Waals surface area contributed by atoms with Crippen molar-refractivity contribution in [3.05, 3.63) is 69.7 Å². The van der Waals surface area contributed by atoms with E-state index in [0.717, 1.165) is 17.5 Å². The Morgan fingerprint density at radius 1 is 1.18 bits per heavy atom. The van der Waals surface area contributed by atoms with Crippen molar-refractivity contribution in [3.63, 3.8) is 0 Å². The molecule has 3 rings (SSSR count). The summed E-state index contributed by atoms with van der Waals surface area (Å²) in [5, 5.41) is 13.6. The molecular formula is C24H28Cl2N2O4S. The van der Waals surface area contributed by atoms with Gasteiger partial charge in [0.2, 0.25) is 0 Å². The van der Waals surface area contributed by atoms with Crippen LogP contribution >= 0.6 is 35.0 Å². The lowest BCUT2D eigenvalue weighted by molar-refractivity contribution is -0.139. The first-order valence-electron chi connectivity index (χ1n) is 10.8.